The minimum absolute atomic E-state index is 0.191. The maximum Gasteiger partial charge on any atom is 0.119 e. The van der Waals surface area contributed by atoms with Gasteiger partial charge in [0.25, 0.3) is 0 Å². The van der Waals surface area contributed by atoms with Gasteiger partial charge in [-0.2, -0.15) is 0 Å². The Morgan fingerprint density at radius 1 is 1.38 bits per heavy atom. The largest absolute Gasteiger partial charge is 0.494 e. The third-order valence-corrected chi connectivity index (χ3v) is 2.33. The van der Waals surface area contributed by atoms with E-state index in [9.17, 15) is 0 Å². The monoisotopic (exact) mass is 217 g/mol. The summed E-state index contributed by atoms with van der Waals surface area (Å²) in [6.45, 7) is 3.70. The summed E-state index contributed by atoms with van der Waals surface area (Å²) in [4.78, 5) is 0. The number of nitrogens with one attached hydrogen (secondary N) is 1. The molecule has 0 aromatic heterocycles. The molecule has 0 amide bonds. The number of hydrogen-bond donors (Lipinski definition) is 1. The molecule has 0 aliphatic rings. The number of hydrogen-bond acceptors (Lipinski definition) is 2. The lowest BCUT2D eigenvalue weighted by molar-refractivity contribution is 0.306. The highest BCUT2D eigenvalue weighted by Crippen LogP contribution is 2.08. The fourth-order valence-electron chi connectivity index (χ4n) is 1.38. The van der Waals surface area contributed by atoms with Gasteiger partial charge < -0.3 is 10.1 Å². The summed E-state index contributed by atoms with van der Waals surface area (Å²) in [6.07, 6.45) is 7.28. The molecule has 0 aliphatic carbocycles. The highest BCUT2D eigenvalue weighted by Gasteiger charge is 1.99. The fourth-order valence-corrected chi connectivity index (χ4v) is 1.38. The van der Waals surface area contributed by atoms with Crippen LogP contribution in [0.1, 0.15) is 19.8 Å². The first-order valence-electron chi connectivity index (χ1n) is 5.74. The SMILES string of the molecule is C#CC(CC)NCCCOc1ccccc1. The standard InChI is InChI=1S/C14H19NO/c1-3-13(4-2)15-11-8-12-16-14-9-6-5-7-10-14/h1,5-7,9-10,13,15H,4,8,11-12H2,2H3. The first-order valence-corrected chi connectivity index (χ1v) is 5.74. The molecule has 0 radical (unpaired) electrons. The lowest BCUT2D eigenvalue weighted by Gasteiger charge is -2.10. The topological polar surface area (TPSA) is 21.3 Å². The van der Waals surface area contributed by atoms with Crippen LogP contribution in [0.5, 0.6) is 5.75 Å². The van der Waals surface area contributed by atoms with Crippen LogP contribution < -0.4 is 10.1 Å². The normalized spacial score (nSPS) is 11.8. The maximum atomic E-state index is 5.56. The molecule has 2 heteroatoms. The fraction of sp³-hybridized carbons (Fsp3) is 0.429. The van der Waals surface area contributed by atoms with Gasteiger partial charge in [0, 0.05) is 0 Å². The Morgan fingerprint density at radius 2 is 2.12 bits per heavy atom. The van der Waals surface area contributed by atoms with Crippen LogP contribution in [0.15, 0.2) is 30.3 Å². The molecular formula is C14H19NO. The van der Waals surface area contributed by atoms with Crippen molar-refractivity contribution in [3.8, 4) is 18.1 Å². The lowest BCUT2D eigenvalue weighted by atomic mass is 10.2. The first-order chi connectivity index (χ1) is 7.86. The van der Waals surface area contributed by atoms with Crippen molar-refractivity contribution in [2.24, 2.45) is 0 Å². The van der Waals surface area contributed by atoms with Crippen LogP contribution in [0.3, 0.4) is 0 Å². The van der Waals surface area contributed by atoms with E-state index in [4.69, 9.17) is 11.2 Å². The van der Waals surface area contributed by atoms with Gasteiger partial charge in [0.1, 0.15) is 5.75 Å². The smallest absolute Gasteiger partial charge is 0.119 e. The highest BCUT2D eigenvalue weighted by atomic mass is 16.5. The van der Waals surface area contributed by atoms with E-state index >= 15 is 0 Å². The second-order valence-electron chi connectivity index (χ2n) is 3.60. The molecule has 1 aromatic carbocycles. The highest BCUT2D eigenvalue weighted by molar-refractivity contribution is 5.20. The van der Waals surface area contributed by atoms with Crippen molar-refractivity contribution in [3.05, 3.63) is 30.3 Å². The summed E-state index contributed by atoms with van der Waals surface area (Å²) >= 11 is 0. The summed E-state index contributed by atoms with van der Waals surface area (Å²) in [5.41, 5.74) is 0. The minimum Gasteiger partial charge on any atom is -0.494 e. The molecule has 0 spiro atoms. The molecule has 2 nitrogen and oxygen atoms in total. The molecule has 0 aliphatic heterocycles. The van der Waals surface area contributed by atoms with Crippen LogP contribution in [0, 0.1) is 12.3 Å². The van der Waals surface area contributed by atoms with E-state index in [0.29, 0.717) is 0 Å². The van der Waals surface area contributed by atoms with Gasteiger partial charge >= 0.3 is 0 Å². The van der Waals surface area contributed by atoms with Crippen LogP contribution >= 0.6 is 0 Å². The molecule has 1 aromatic rings. The zero-order valence-corrected chi connectivity index (χ0v) is 9.78. The lowest BCUT2D eigenvalue weighted by Crippen LogP contribution is -2.28. The first kappa shape index (κ1) is 12.6. The minimum atomic E-state index is 0.191. The Bertz CT molecular complexity index is 315. The number of terminal acetylenes is 1. The van der Waals surface area contributed by atoms with Crippen molar-refractivity contribution >= 4 is 0 Å². The van der Waals surface area contributed by atoms with Crippen LogP contribution in [0.25, 0.3) is 0 Å². The third kappa shape index (κ3) is 4.86. The van der Waals surface area contributed by atoms with E-state index < -0.39 is 0 Å². The molecule has 0 bridgehead atoms. The Kier molecular flexibility index (Phi) is 6.13. The predicted octanol–water partition coefficient (Wildman–Crippen LogP) is 2.46. The number of rotatable bonds is 7. The molecule has 0 saturated carbocycles. The summed E-state index contributed by atoms with van der Waals surface area (Å²) in [6, 6.07) is 10.0. The van der Waals surface area contributed by atoms with E-state index in [1.54, 1.807) is 0 Å². The van der Waals surface area contributed by atoms with Crippen molar-refractivity contribution in [1.29, 1.82) is 0 Å². The van der Waals surface area contributed by atoms with Crippen molar-refractivity contribution in [2.75, 3.05) is 13.2 Å². The Labute approximate surface area is 98.0 Å². The average molecular weight is 217 g/mol. The van der Waals surface area contributed by atoms with Crippen LogP contribution in [0.2, 0.25) is 0 Å². The van der Waals surface area contributed by atoms with E-state index in [1.165, 1.54) is 0 Å². The zero-order chi connectivity index (χ0) is 11.6. The third-order valence-electron chi connectivity index (χ3n) is 2.33. The molecule has 0 fully saturated rings. The summed E-state index contributed by atoms with van der Waals surface area (Å²) < 4.78 is 5.56. The van der Waals surface area contributed by atoms with Crippen molar-refractivity contribution in [1.82, 2.24) is 5.32 Å². The van der Waals surface area contributed by atoms with Gasteiger partial charge in [-0.05, 0) is 31.5 Å². The molecule has 1 N–H and O–H groups in total. The van der Waals surface area contributed by atoms with Gasteiger partial charge in [-0.15, -0.1) is 6.42 Å². The zero-order valence-electron chi connectivity index (χ0n) is 9.78. The van der Waals surface area contributed by atoms with Gasteiger partial charge in [0.15, 0.2) is 0 Å². The van der Waals surface area contributed by atoms with Crippen LogP contribution in [-0.4, -0.2) is 19.2 Å². The molecule has 1 rings (SSSR count). The number of benzene rings is 1. The quantitative estimate of drug-likeness (QED) is 0.559. The summed E-state index contributed by atoms with van der Waals surface area (Å²) in [7, 11) is 0. The number of ether oxygens (including phenoxy) is 1. The Morgan fingerprint density at radius 3 is 2.75 bits per heavy atom. The molecule has 0 saturated heterocycles. The molecular weight excluding hydrogens is 198 g/mol. The van der Waals surface area contributed by atoms with Gasteiger partial charge in [0.2, 0.25) is 0 Å². The Balaban J connectivity index is 2.07. The van der Waals surface area contributed by atoms with Crippen LogP contribution in [-0.2, 0) is 0 Å². The van der Waals surface area contributed by atoms with E-state index in [1.807, 2.05) is 30.3 Å². The van der Waals surface area contributed by atoms with E-state index in [2.05, 4.69) is 18.2 Å². The summed E-state index contributed by atoms with van der Waals surface area (Å²) in [5.74, 6) is 3.63. The van der Waals surface area contributed by atoms with Gasteiger partial charge in [-0.25, -0.2) is 0 Å². The Hall–Kier alpha value is -1.46. The molecule has 86 valence electrons. The second kappa shape index (κ2) is 7.78. The molecule has 0 heterocycles. The van der Waals surface area contributed by atoms with Gasteiger partial charge in [0.05, 0.1) is 12.6 Å². The predicted molar refractivity (Wildman–Crippen MR) is 67.5 cm³/mol. The maximum absolute atomic E-state index is 5.56. The van der Waals surface area contributed by atoms with E-state index in [-0.39, 0.29) is 6.04 Å². The van der Waals surface area contributed by atoms with Gasteiger partial charge in [-0.1, -0.05) is 31.0 Å². The number of para-hydroxylation sites is 1. The van der Waals surface area contributed by atoms with Gasteiger partial charge in [-0.3, -0.25) is 0 Å². The van der Waals surface area contributed by atoms with Crippen LogP contribution in [0.4, 0.5) is 0 Å². The summed E-state index contributed by atoms with van der Waals surface area (Å²) in [5, 5.41) is 3.29. The van der Waals surface area contributed by atoms with Crippen molar-refractivity contribution in [3.63, 3.8) is 0 Å². The molecule has 1 unspecified atom stereocenters. The van der Waals surface area contributed by atoms with E-state index in [0.717, 1.165) is 31.7 Å². The van der Waals surface area contributed by atoms with Crippen molar-refractivity contribution < 1.29 is 4.74 Å². The average Bonchev–Trinajstić information content (AvgIpc) is 2.35. The molecule has 16 heavy (non-hydrogen) atoms. The van der Waals surface area contributed by atoms with Crippen molar-refractivity contribution in [2.45, 2.75) is 25.8 Å². The second-order valence-corrected chi connectivity index (χ2v) is 3.60. The molecule has 1 atom stereocenters.